The standard InChI is InChI=1S/C16H18ClN5/c1-10-14(6-18)16(20-11(2)15(10)17)22-8-13(9-22)7-21-5-4-19-12(21)3/h4-5,13H,7-9H2,1-3H3. The van der Waals surface area contributed by atoms with Crippen LogP contribution >= 0.6 is 11.6 Å². The van der Waals surface area contributed by atoms with E-state index in [-0.39, 0.29) is 0 Å². The molecule has 0 amide bonds. The van der Waals surface area contributed by atoms with Crippen molar-refractivity contribution in [1.29, 1.82) is 5.26 Å². The van der Waals surface area contributed by atoms with Gasteiger partial charge in [-0.15, -0.1) is 0 Å². The van der Waals surface area contributed by atoms with Gasteiger partial charge in [0.2, 0.25) is 0 Å². The van der Waals surface area contributed by atoms with E-state index < -0.39 is 0 Å². The highest BCUT2D eigenvalue weighted by atomic mass is 35.5. The van der Waals surface area contributed by atoms with Crippen LogP contribution in [0, 0.1) is 38.0 Å². The monoisotopic (exact) mass is 315 g/mol. The third-order valence-corrected chi connectivity index (χ3v) is 4.82. The molecule has 1 aliphatic rings. The van der Waals surface area contributed by atoms with Gasteiger partial charge in [-0.3, -0.25) is 0 Å². The van der Waals surface area contributed by atoms with E-state index in [9.17, 15) is 5.26 Å². The molecule has 0 N–H and O–H groups in total. The predicted molar refractivity (Wildman–Crippen MR) is 86.1 cm³/mol. The number of rotatable bonds is 3. The summed E-state index contributed by atoms with van der Waals surface area (Å²) in [6.07, 6.45) is 3.83. The molecule has 2 aromatic rings. The maximum absolute atomic E-state index is 9.41. The largest absolute Gasteiger partial charge is 0.355 e. The lowest BCUT2D eigenvalue weighted by molar-refractivity contribution is 0.352. The molecule has 0 spiro atoms. The van der Waals surface area contributed by atoms with Crippen LogP contribution in [0.2, 0.25) is 5.02 Å². The quantitative estimate of drug-likeness (QED) is 0.874. The molecule has 0 unspecified atom stereocenters. The summed E-state index contributed by atoms with van der Waals surface area (Å²) in [5.41, 5.74) is 2.19. The average molecular weight is 316 g/mol. The Morgan fingerprint density at radius 2 is 2.09 bits per heavy atom. The van der Waals surface area contributed by atoms with Crippen molar-refractivity contribution >= 4 is 17.4 Å². The Kier molecular flexibility index (Phi) is 3.79. The number of nitrogens with zero attached hydrogens (tertiary/aromatic N) is 5. The molecule has 3 heterocycles. The van der Waals surface area contributed by atoms with Gasteiger partial charge in [-0.2, -0.15) is 5.26 Å². The second-order valence-electron chi connectivity index (χ2n) is 5.84. The minimum absolute atomic E-state index is 0.553. The molecule has 0 aliphatic carbocycles. The van der Waals surface area contributed by atoms with E-state index in [1.165, 1.54) is 0 Å². The Morgan fingerprint density at radius 1 is 1.36 bits per heavy atom. The third-order valence-electron chi connectivity index (χ3n) is 4.27. The number of hydrogen-bond donors (Lipinski definition) is 0. The topological polar surface area (TPSA) is 57.7 Å². The molecule has 0 radical (unpaired) electrons. The molecule has 6 heteroatoms. The van der Waals surface area contributed by atoms with Gasteiger partial charge in [0, 0.05) is 37.9 Å². The molecule has 1 aliphatic heterocycles. The molecule has 5 nitrogen and oxygen atoms in total. The van der Waals surface area contributed by atoms with Crippen LogP contribution in [0.1, 0.15) is 22.6 Å². The maximum Gasteiger partial charge on any atom is 0.147 e. The number of nitriles is 1. The fraction of sp³-hybridized carbons (Fsp3) is 0.438. The van der Waals surface area contributed by atoms with Gasteiger partial charge in [0.05, 0.1) is 16.3 Å². The molecule has 1 fully saturated rings. The van der Waals surface area contributed by atoms with Gasteiger partial charge < -0.3 is 9.47 Å². The highest BCUT2D eigenvalue weighted by molar-refractivity contribution is 6.32. The van der Waals surface area contributed by atoms with Gasteiger partial charge in [0.1, 0.15) is 17.7 Å². The number of hydrogen-bond acceptors (Lipinski definition) is 4. The molecular weight excluding hydrogens is 298 g/mol. The van der Waals surface area contributed by atoms with Crippen molar-refractivity contribution in [3.63, 3.8) is 0 Å². The van der Waals surface area contributed by atoms with Crippen molar-refractivity contribution in [2.75, 3.05) is 18.0 Å². The summed E-state index contributed by atoms with van der Waals surface area (Å²) in [4.78, 5) is 10.9. The van der Waals surface area contributed by atoms with E-state index in [1.54, 1.807) is 0 Å². The van der Waals surface area contributed by atoms with E-state index in [2.05, 4.69) is 25.5 Å². The van der Waals surface area contributed by atoms with Gasteiger partial charge in [0.25, 0.3) is 0 Å². The highest BCUT2D eigenvalue weighted by Crippen LogP contribution is 2.32. The van der Waals surface area contributed by atoms with Gasteiger partial charge >= 0.3 is 0 Å². The van der Waals surface area contributed by atoms with E-state index in [0.717, 1.165) is 42.5 Å². The summed E-state index contributed by atoms with van der Waals surface area (Å²) in [5, 5.41) is 9.99. The minimum atomic E-state index is 0.553. The SMILES string of the molecule is Cc1nc(N2CC(Cn3ccnc3C)C2)c(C#N)c(C)c1Cl. The van der Waals surface area contributed by atoms with E-state index in [1.807, 2.05) is 33.2 Å². The molecule has 22 heavy (non-hydrogen) atoms. The van der Waals surface area contributed by atoms with Crippen LogP contribution in [0.15, 0.2) is 12.4 Å². The second-order valence-corrected chi connectivity index (χ2v) is 6.22. The van der Waals surface area contributed by atoms with Gasteiger partial charge in [0.15, 0.2) is 0 Å². The van der Waals surface area contributed by atoms with Crippen molar-refractivity contribution in [1.82, 2.24) is 14.5 Å². The molecule has 0 atom stereocenters. The molecule has 0 saturated carbocycles. The molecule has 0 bridgehead atoms. The zero-order valence-electron chi connectivity index (χ0n) is 13.0. The summed E-state index contributed by atoms with van der Waals surface area (Å²) in [6, 6.07) is 2.25. The van der Waals surface area contributed by atoms with Crippen molar-refractivity contribution < 1.29 is 0 Å². The van der Waals surface area contributed by atoms with Crippen molar-refractivity contribution in [3.05, 3.63) is 40.1 Å². The van der Waals surface area contributed by atoms with Crippen molar-refractivity contribution in [2.24, 2.45) is 5.92 Å². The number of imidazole rings is 1. The number of aromatic nitrogens is 3. The van der Waals surface area contributed by atoms with E-state index in [4.69, 9.17) is 11.6 Å². The minimum Gasteiger partial charge on any atom is -0.355 e. The summed E-state index contributed by atoms with van der Waals surface area (Å²) in [7, 11) is 0. The number of aryl methyl sites for hydroxylation is 2. The Balaban J connectivity index is 1.76. The Labute approximate surface area is 135 Å². The lowest BCUT2D eigenvalue weighted by Gasteiger charge is -2.41. The lowest BCUT2D eigenvalue weighted by Crippen LogP contribution is -2.49. The third kappa shape index (κ3) is 2.44. The molecular formula is C16H18ClN5. The van der Waals surface area contributed by atoms with Gasteiger partial charge in [-0.25, -0.2) is 9.97 Å². The normalized spacial score (nSPS) is 14.8. The first-order chi connectivity index (χ1) is 10.5. The van der Waals surface area contributed by atoms with E-state index >= 15 is 0 Å². The number of halogens is 1. The van der Waals surface area contributed by atoms with Crippen LogP contribution in [0.25, 0.3) is 0 Å². The molecule has 1 saturated heterocycles. The average Bonchev–Trinajstić information content (AvgIpc) is 2.85. The Hall–Kier alpha value is -2.06. The second kappa shape index (κ2) is 5.62. The zero-order chi connectivity index (χ0) is 15.9. The fourth-order valence-corrected chi connectivity index (χ4v) is 3.05. The van der Waals surface area contributed by atoms with E-state index in [0.29, 0.717) is 16.5 Å². The predicted octanol–water partition coefficient (Wildman–Crippen LogP) is 2.86. The van der Waals surface area contributed by atoms with Crippen LogP contribution in [0.5, 0.6) is 0 Å². The summed E-state index contributed by atoms with van der Waals surface area (Å²) < 4.78 is 2.17. The van der Waals surface area contributed by atoms with Crippen LogP contribution in [0.4, 0.5) is 5.82 Å². The molecule has 0 aromatic carbocycles. The summed E-state index contributed by atoms with van der Waals surface area (Å²) in [5.74, 6) is 2.35. The first kappa shape index (κ1) is 14.9. The zero-order valence-corrected chi connectivity index (χ0v) is 13.7. The number of pyridine rings is 1. The smallest absolute Gasteiger partial charge is 0.147 e. The fourth-order valence-electron chi connectivity index (χ4n) is 2.91. The lowest BCUT2D eigenvalue weighted by atomic mass is 9.98. The van der Waals surface area contributed by atoms with Crippen molar-refractivity contribution in [2.45, 2.75) is 27.3 Å². The van der Waals surface area contributed by atoms with Crippen LogP contribution in [-0.4, -0.2) is 27.6 Å². The van der Waals surface area contributed by atoms with Crippen LogP contribution in [0.3, 0.4) is 0 Å². The van der Waals surface area contributed by atoms with Gasteiger partial charge in [-0.1, -0.05) is 11.6 Å². The number of anilines is 1. The summed E-state index contributed by atoms with van der Waals surface area (Å²) in [6.45, 7) is 8.53. The first-order valence-corrected chi connectivity index (χ1v) is 7.68. The van der Waals surface area contributed by atoms with Crippen LogP contribution in [-0.2, 0) is 6.54 Å². The molecule has 2 aromatic heterocycles. The Morgan fingerprint density at radius 3 is 2.68 bits per heavy atom. The van der Waals surface area contributed by atoms with Crippen LogP contribution < -0.4 is 4.90 Å². The first-order valence-electron chi connectivity index (χ1n) is 7.30. The maximum atomic E-state index is 9.41. The molecule has 114 valence electrons. The highest BCUT2D eigenvalue weighted by Gasteiger charge is 2.31. The van der Waals surface area contributed by atoms with Gasteiger partial charge in [-0.05, 0) is 26.3 Å². The Bertz CT molecular complexity index is 753. The molecule has 3 rings (SSSR count). The summed E-state index contributed by atoms with van der Waals surface area (Å²) >= 11 is 6.20. The van der Waals surface area contributed by atoms with Crippen molar-refractivity contribution in [3.8, 4) is 6.07 Å².